The first kappa shape index (κ1) is 9.84. The van der Waals surface area contributed by atoms with Crippen molar-refractivity contribution in [3.05, 3.63) is 15.0 Å². The molecule has 0 rings (SSSR count). The molecule has 0 aliphatic heterocycles. The normalized spacial score (nSPS) is 5.71. The van der Waals surface area contributed by atoms with Crippen molar-refractivity contribution in [2.45, 2.75) is 0 Å². The zero-order valence-electron chi connectivity index (χ0n) is 3.03. The molecular weight excluding hydrogens is 183 g/mol. The van der Waals surface area contributed by atoms with Gasteiger partial charge in [0, 0.05) is 31.1 Å². The van der Waals surface area contributed by atoms with E-state index in [0.29, 0.717) is 0 Å². The van der Waals surface area contributed by atoms with Gasteiger partial charge >= 0.3 is 5.34 Å². The first-order valence-electron chi connectivity index (χ1n) is 0.913. The third-order valence-corrected chi connectivity index (χ3v) is 0.100. The van der Waals surface area contributed by atoms with Crippen molar-refractivity contribution < 1.29 is 36.2 Å². The van der Waals surface area contributed by atoms with E-state index < -0.39 is 5.09 Å². The zero-order valence-corrected chi connectivity index (χ0v) is 5.49. The Balaban J connectivity index is 0. The molecule has 0 aliphatic rings. The Morgan fingerprint density at radius 1 is 1.71 bits per heavy atom. The Hall–Kier alpha value is -0.317. The summed E-state index contributed by atoms with van der Waals surface area (Å²) in [6.45, 7) is 0. The van der Waals surface area contributed by atoms with Crippen LogP contribution in [0.25, 0.3) is 0 Å². The smallest absolute Gasteiger partial charge is 0.218 e. The molecule has 0 unspecified atom stereocenters. The van der Waals surface area contributed by atoms with Gasteiger partial charge in [-0.25, -0.2) is 10.1 Å². The Morgan fingerprint density at radius 3 is 2.14 bits per heavy atom. The molecule has 0 bridgehead atoms. The predicted octanol–water partition coefficient (Wildman–Crippen LogP) is -0.126. The van der Waals surface area contributed by atoms with Crippen molar-refractivity contribution in [3.8, 4) is 0 Å². The van der Waals surface area contributed by atoms with Crippen molar-refractivity contribution in [3.63, 3.8) is 0 Å². The summed E-state index contributed by atoms with van der Waals surface area (Å²) in [5.74, 6) is 0. The van der Waals surface area contributed by atoms with Crippen LogP contribution in [-0.2, 0) is 31.1 Å². The first-order chi connectivity index (χ1) is 2.77. The van der Waals surface area contributed by atoms with Gasteiger partial charge in [0.05, 0.1) is 0 Å². The summed E-state index contributed by atoms with van der Waals surface area (Å²) in [7, 11) is 0. The molecule has 38 valence electrons. The molecule has 0 aromatic carbocycles. The molecule has 0 saturated carbocycles. The second-order valence-electron chi connectivity index (χ2n) is 0.380. The molecule has 0 aromatic rings. The summed E-state index contributed by atoms with van der Waals surface area (Å²) in [4.78, 5) is 20.4. The van der Waals surface area contributed by atoms with E-state index in [1.165, 1.54) is 5.34 Å². The minimum atomic E-state index is -1.30. The van der Waals surface area contributed by atoms with E-state index in [4.69, 9.17) is 15.0 Å². The Morgan fingerprint density at radius 2 is 2.14 bits per heavy atom. The molecule has 0 N–H and O–H groups in total. The number of hydrogen-bond acceptors (Lipinski definition) is 5. The number of nitrogens with zero attached hydrogens (tertiary/aromatic N) is 2. The molecule has 0 radical (unpaired) electrons. The van der Waals surface area contributed by atoms with E-state index in [0.717, 1.165) is 0 Å². The standard InChI is InChI=1S/N2O4.Zr/c3-1-6-2(4)5;. The van der Waals surface area contributed by atoms with Crippen molar-refractivity contribution in [1.82, 2.24) is 0 Å². The average molecular weight is 183 g/mol. The van der Waals surface area contributed by atoms with Crippen molar-refractivity contribution in [2.24, 2.45) is 5.34 Å². The Labute approximate surface area is 57.0 Å². The molecule has 0 aromatic heterocycles. The maximum atomic E-state index is 8.89. The molecule has 0 saturated heterocycles. The fourth-order valence-corrected chi connectivity index (χ4v) is 0.0272. The minimum absolute atomic E-state index is 0. The van der Waals surface area contributed by atoms with Gasteiger partial charge in [0.1, 0.15) is 0 Å². The maximum absolute atomic E-state index is 8.89. The summed E-state index contributed by atoms with van der Waals surface area (Å²) in [6.07, 6.45) is 0. The van der Waals surface area contributed by atoms with Gasteiger partial charge in [0.15, 0.2) is 5.09 Å². The molecule has 6 nitrogen and oxygen atoms in total. The van der Waals surface area contributed by atoms with Crippen LogP contribution < -0.4 is 0 Å². The van der Waals surface area contributed by atoms with E-state index >= 15 is 0 Å². The van der Waals surface area contributed by atoms with Gasteiger partial charge < -0.3 is 0 Å². The van der Waals surface area contributed by atoms with Gasteiger partial charge in [0.2, 0.25) is 0 Å². The second-order valence-corrected chi connectivity index (χ2v) is 0.380. The largest absolute Gasteiger partial charge is 0.354 e. The monoisotopic (exact) mass is 182 g/mol. The van der Waals surface area contributed by atoms with E-state index in [1.54, 1.807) is 0 Å². The predicted molar refractivity (Wildman–Crippen MR) is 13.9 cm³/mol. The van der Waals surface area contributed by atoms with Crippen LogP contribution in [0.1, 0.15) is 0 Å². The molecule has 0 amide bonds. The van der Waals surface area contributed by atoms with Crippen molar-refractivity contribution in [2.75, 3.05) is 0 Å². The van der Waals surface area contributed by atoms with Crippen LogP contribution in [0.5, 0.6) is 0 Å². The molecule has 0 heterocycles. The average Bonchev–Trinajstić information content (AvgIpc) is 1.35. The van der Waals surface area contributed by atoms with Gasteiger partial charge in [-0.15, -0.1) is 4.94 Å². The third kappa shape index (κ3) is 10.7. The van der Waals surface area contributed by atoms with Gasteiger partial charge in [0.25, 0.3) is 0 Å². The van der Waals surface area contributed by atoms with Crippen molar-refractivity contribution >= 4 is 0 Å². The van der Waals surface area contributed by atoms with Gasteiger partial charge in [-0.2, -0.15) is 0 Å². The fraction of sp³-hybridized carbons (Fsp3) is 0. The van der Waals surface area contributed by atoms with Gasteiger partial charge in [-0.1, -0.05) is 0 Å². The van der Waals surface area contributed by atoms with Crippen LogP contribution in [0.3, 0.4) is 0 Å². The summed E-state index contributed by atoms with van der Waals surface area (Å²) in [5, 5.41) is 9.08. The molecule has 0 spiro atoms. The van der Waals surface area contributed by atoms with Crippen LogP contribution in [0, 0.1) is 15.0 Å². The quantitative estimate of drug-likeness (QED) is 0.339. The molecule has 0 fully saturated rings. The van der Waals surface area contributed by atoms with Crippen molar-refractivity contribution in [1.29, 1.82) is 0 Å². The molecule has 7 heteroatoms. The molecule has 7 heavy (non-hydrogen) atoms. The topological polar surface area (TPSA) is 81.8 Å². The third-order valence-electron chi connectivity index (χ3n) is 0.100. The number of rotatable bonds is 2. The summed E-state index contributed by atoms with van der Waals surface area (Å²) in [6, 6.07) is 0. The second kappa shape index (κ2) is 5.68. The van der Waals surface area contributed by atoms with Gasteiger partial charge in [-0.05, 0) is 0 Å². The van der Waals surface area contributed by atoms with Crippen LogP contribution in [-0.4, -0.2) is 5.09 Å². The van der Waals surface area contributed by atoms with Crippen LogP contribution in [0.4, 0.5) is 0 Å². The summed E-state index contributed by atoms with van der Waals surface area (Å²) >= 11 is 0. The summed E-state index contributed by atoms with van der Waals surface area (Å²) in [5.41, 5.74) is 0. The summed E-state index contributed by atoms with van der Waals surface area (Å²) < 4.78 is 0. The number of hydrogen-bond donors (Lipinski definition) is 0. The zero-order chi connectivity index (χ0) is 4.99. The maximum Gasteiger partial charge on any atom is 0.354 e. The van der Waals surface area contributed by atoms with E-state index in [-0.39, 0.29) is 26.2 Å². The first-order valence-corrected chi connectivity index (χ1v) is 0.913. The Kier molecular flexibility index (Phi) is 7.99. The molecule has 0 aliphatic carbocycles. The van der Waals surface area contributed by atoms with Crippen LogP contribution >= 0.6 is 0 Å². The van der Waals surface area contributed by atoms with E-state index in [2.05, 4.69) is 4.94 Å². The fourth-order valence-electron chi connectivity index (χ4n) is 0.0272. The molecular formula is N2O4Zr. The Bertz CT molecular complexity index is 70.1. The van der Waals surface area contributed by atoms with Crippen LogP contribution in [0.15, 0.2) is 5.34 Å². The van der Waals surface area contributed by atoms with E-state index in [1.807, 2.05) is 0 Å². The molecule has 0 atom stereocenters. The van der Waals surface area contributed by atoms with E-state index in [9.17, 15) is 0 Å². The SMILES string of the molecule is O=NO[N+](=O)[O-].[Zr]. The minimum Gasteiger partial charge on any atom is -0.218 e. The van der Waals surface area contributed by atoms with Gasteiger partial charge in [-0.3, -0.25) is 0 Å². The van der Waals surface area contributed by atoms with Crippen LogP contribution in [0.2, 0.25) is 0 Å².